The molecule has 0 radical (unpaired) electrons. The quantitative estimate of drug-likeness (QED) is 0.874. The Balaban J connectivity index is 1.73. The van der Waals surface area contributed by atoms with E-state index in [2.05, 4.69) is 5.32 Å². The number of urea groups is 1. The maximum atomic E-state index is 12.8. The first-order valence-electron chi connectivity index (χ1n) is 7.57. The molecule has 1 fully saturated rings. The van der Waals surface area contributed by atoms with Gasteiger partial charge in [0, 0.05) is 19.0 Å². The lowest BCUT2D eigenvalue weighted by Gasteiger charge is -2.21. The maximum Gasteiger partial charge on any atom is 0.317 e. The molecule has 0 bridgehead atoms. The predicted molar refractivity (Wildman–Crippen MR) is 81.2 cm³/mol. The van der Waals surface area contributed by atoms with Gasteiger partial charge >= 0.3 is 6.03 Å². The number of amides is 2. The van der Waals surface area contributed by atoms with Crippen molar-refractivity contribution in [2.45, 2.75) is 32.4 Å². The van der Waals surface area contributed by atoms with Crippen molar-refractivity contribution in [1.29, 1.82) is 0 Å². The number of carbonyl (C=O) groups is 1. The summed E-state index contributed by atoms with van der Waals surface area (Å²) < 4.78 is 18.3. The van der Waals surface area contributed by atoms with E-state index >= 15 is 0 Å². The van der Waals surface area contributed by atoms with E-state index in [0.717, 1.165) is 6.42 Å². The molecular weight excluding hydrogens is 287 g/mol. The van der Waals surface area contributed by atoms with Crippen LogP contribution in [0.5, 0.6) is 5.75 Å². The highest BCUT2D eigenvalue weighted by Crippen LogP contribution is 2.19. The van der Waals surface area contributed by atoms with E-state index in [9.17, 15) is 14.3 Å². The first-order valence-corrected chi connectivity index (χ1v) is 7.57. The fourth-order valence-corrected chi connectivity index (χ4v) is 2.46. The summed E-state index contributed by atoms with van der Waals surface area (Å²) in [4.78, 5) is 13.8. The largest absolute Gasteiger partial charge is 0.491 e. The minimum absolute atomic E-state index is 0.140. The van der Waals surface area contributed by atoms with E-state index in [1.807, 2.05) is 6.92 Å². The molecule has 22 heavy (non-hydrogen) atoms. The third-order valence-electron chi connectivity index (χ3n) is 3.88. The Hall–Kier alpha value is -1.82. The van der Waals surface area contributed by atoms with Crippen LogP contribution in [-0.4, -0.2) is 47.9 Å². The molecule has 0 aromatic heterocycles. The zero-order valence-corrected chi connectivity index (χ0v) is 13.0. The summed E-state index contributed by atoms with van der Waals surface area (Å²) in [6.07, 6.45) is 0.433. The molecule has 1 aromatic carbocycles. The van der Waals surface area contributed by atoms with Crippen molar-refractivity contribution in [3.63, 3.8) is 0 Å². The van der Waals surface area contributed by atoms with Crippen LogP contribution in [0.25, 0.3) is 0 Å². The lowest BCUT2D eigenvalue weighted by molar-refractivity contribution is 0.128. The molecule has 2 amide bonds. The van der Waals surface area contributed by atoms with Gasteiger partial charge in [-0.1, -0.05) is 0 Å². The van der Waals surface area contributed by atoms with Gasteiger partial charge in [0.05, 0.1) is 12.1 Å². The number of nitrogens with one attached hydrogen (secondary N) is 1. The average Bonchev–Trinajstić information content (AvgIpc) is 2.97. The Bertz CT molecular complexity index is 493. The number of rotatable bonds is 5. The molecule has 122 valence electrons. The van der Waals surface area contributed by atoms with E-state index in [4.69, 9.17) is 4.74 Å². The van der Waals surface area contributed by atoms with Gasteiger partial charge in [0.1, 0.15) is 18.2 Å². The zero-order valence-electron chi connectivity index (χ0n) is 13.0. The van der Waals surface area contributed by atoms with Crippen molar-refractivity contribution in [3.8, 4) is 5.75 Å². The van der Waals surface area contributed by atoms with Crippen LogP contribution >= 0.6 is 0 Å². The van der Waals surface area contributed by atoms with Crippen LogP contribution in [0.4, 0.5) is 9.18 Å². The summed E-state index contributed by atoms with van der Waals surface area (Å²) in [5, 5.41) is 12.4. The molecule has 1 aliphatic heterocycles. The number of hydrogen-bond donors (Lipinski definition) is 2. The standard InChI is InChI=1S/C16H23FN2O3/c1-11(10-22-15-5-3-14(17)4-6-15)18-16(21)19-8-7-13(9-19)12(2)20/h3-6,11-13,20H,7-10H2,1-2H3,(H,18,21)/t11-,12-,13+/m1/s1. The van der Waals surface area contributed by atoms with Gasteiger partial charge in [0.25, 0.3) is 0 Å². The number of likely N-dealkylation sites (tertiary alicyclic amines) is 1. The van der Waals surface area contributed by atoms with Gasteiger partial charge in [-0.2, -0.15) is 0 Å². The van der Waals surface area contributed by atoms with Crippen LogP contribution in [0, 0.1) is 11.7 Å². The minimum Gasteiger partial charge on any atom is -0.491 e. The first kappa shape index (κ1) is 16.5. The van der Waals surface area contributed by atoms with E-state index < -0.39 is 6.10 Å². The molecule has 1 aromatic rings. The van der Waals surface area contributed by atoms with Crippen molar-refractivity contribution in [3.05, 3.63) is 30.1 Å². The molecular formula is C16H23FN2O3. The van der Waals surface area contributed by atoms with E-state index in [1.165, 1.54) is 12.1 Å². The molecule has 0 aliphatic carbocycles. The van der Waals surface area contributed by atoms with Gasteiger partial charge in [-0.05, 0) is 44.5 Å². The van der Waals surface area contributed by atoms with Crippen LogP contribution in [0.15, 0.2) is 24.3 Å². The third kappa shape index (κ3) is 4.59. The number of nitrogens with zero attached hydrogens (tertiary/aromatic N) is 1. The van der Waals surface area contributed by atoms with Crippen molar-refractivity contribution in [2.24, 2.45) is 5.92 Å². The molecule has 2 N–H and O–H groups in total. The molecule has 0 spiro atoms. The average molecular weight is 310 g/mol. The van der Waals surface area contributed by atoms with Crippen LogP contribution in [0.1, 0.15) is 20.3 Å². The summed E-state index contributed by atoms with van der Waals surface area (Å²) in [6.45, 7) is 5.15. The van der Waals surface area contributed by atoms with Gasteiger partial charge < -0.3 is 20.1 Å². The highest BCUT2D eigenvalue weighted by Gasteiger charge is 2.29. The molecule has 2 rings (SSSR count). The van der Waals surface area contributed by atoms with Crippen LogP contribution in [0.2, 0.25) is 0 Å². The van der Waals surface area contributed by atoms with Crippen molar-refractivity contribution in [1.82, 2.24) is 10.2 Å². The maximum absolute atomic E-state index is 12.8. The Kier molecular flexibility index (Phi) is 5.60. The summed E-state index contributed by atoms with van der Waals surface area (Å²) in [5.41, 5.74) is 0. The third-order valence-corrected chi connectivity index (χ3v) is 3.88. The SMILES string of the molecule is C[C@H](COc1ccc(F)cc1)NC(=O)N1CC[C@H]([C@@H](C)O)C1. The topological polar surface area (TPSA) is 61.8 Å². The highest BCUT2D eigenvalue weighted by atomic mass is 19.1. The van der Waals surface area contributed by atoms with Gasteiger partial charge in [0.15, 0.2) is 0 Å². The predicted octanol–water partition coefficient (Wildman–Crippen LogP) is 2.01. The highest BCUT2D eigenvalue weighted by molar-refractivity contribution is 5.74. The Morgan fingerprint density at radius 2 is 2.14 bits per heavy atom. The van der Waals surface area contributed by atoms with Crippen molar-refractivity contribution >= 4 is 6.03 Å². The Labute approximate surface area is 130 Å². The lowest BCUT2D eigenvalue weighted by atomic mass is 10.0. The number of benzene rings is 1. The minimum atomic E-state index is -0.392. The second kappa shape index (κ2) is 7.45. The molecule has 0 unspecified atom stereocenters. The Morgan fingerprint density at radius 1 is 1.45 bits per heavy atom. The zero-order chi connectivity index (χ0) is 16.1. The molecule has 1 aliphatic rings. The normalized spacial score (nSPS) is 20.5. The Morgan fingerprint density at radius 3 is 2.73 bits per heavy atom. The molecule has 3 atom stereocenters. The first-order chi connectivity index (χ1) is 10.5. The molecule has 0 saturated carbocycles. The van der Waals surface area contributed by atoms with Gasteiger partial charge in [-0.25, -0.2) is 9.18 Å². The van der Waals surface area contributed by atoms with E-state index in [1.54, 1.807) is 24.0 Å². The molecule has 1 saturated heterocycles. The monoisotopic (exact) mass is 310 g/mol. The van der Waals surface area contributed by atoms with Crippen molar-refractivity contribution in [2.75, 3.05) is 19.7 Å². The molecule has 5 nitrogen and oxygen atoms in total. The second-order valence-electron chi connectivity index (χ2n) is 5.85. The smallest absolute Gasteiger partial charge is 0.317 e. The lowest BCUT2D eigenvalue weighted by Crippen LogP contribution is -2.45. The number of ether oxygens (including phenoxy) is 1. The number of aliphatic hydroxyl groups is 1. The van der Waals surface area contributed by atoms with E-state index in [0.29, 0.717) is 25.4 Å². The van der Waals surface area contributed by atoms with Crippen LogP contribution < -0.4 is 10.1 Å². The molecule has 6 heteroatoms. The second-order valence-corrected chi connectivity index (χ2v) is 5.85. The summed E-state index contributed by atoms with van der Waals surface area (Å²) in [6, 6.07) is 5.47. The van der Waals surface area contributed by atoms with Crippen LogP contribution in [0.3, 0.4) is 0 Å². The van der Waals surface area contributed by atoms with Crippen LogP contribution in [-0.2, 0) is 0 Å². The number of aliphatic hydroxyl groups excluding tert-OH is 1. The summed E-state index contributed by atoms with van der Waals surface area (Å²) in [7, 11) is 0. The number of carbonyl (C=O) groups excluding carboxylic acids is 1. The molecule has 1 heterocycles. The van der Waals surface area contributed by atoms with Gasteiger partial charge in [0.2, 0.25) is 0 Å². The van der Waals surface area contributed by atoms with Gasteiger partial charge in [-0.15, -0.1) is 0 Å². The van der Waals surface area contributed by atoms with Gasteiger partial charge in [-0.3, -0.25) is 0 Å². The fourth-order valence-electron chi connectivity index (χ4n) is 2.46. The fraction of sp³-hybridized carbons (Fsp3) is 0.562. The van der Waals surface area contributed by atoms with Crippen molar-refractivity contribution < 1.29 is 19.0 Å². The summed E-state index contributed by atoms with van der Waals surface area (Å²) in [5.74, 6) is 0.407. The number of hydrogen-bond acceptors (Lipinski definition) is 3. The van der Waals surface area contributed by atoms with E-state index in [-0.39, 0.29) is 23.8 Å². The summed E-state index contributed by atoms with van der Waals surface area (Å²) >= 11 is 0. The number of halogens is 1.